The lowest BCUT2D eigenvalue weighted by molar-refractivity contribution is 0.0272. The standard InChI is InChI=1S/C10H17N3O/c1-4-12-13(7-1)8-9-14-10-2-5-11-6-3-10/h1,4,7,10-11H,2-3,5-6,8-9H2. The van der Waals surface area contributed by atoms with Crippen molar-refractivity contribution in [2.45, 2.75) is 25.5 Å². The lowest BCUT2D eigenvalue weighted by Crippen LogP contribution is -2.33. The van der Waals surface area contributed by atoms with Crippen LogP contribution in [-0.4, -0.2) is 35.6 Å². The fraction of sp³-hybridized carbons (Fsp3) is 0.700. The monoisotopic (exact) mass is 195 g/mol. The average molecular weight is 195 g/mol. The van der Waals surface area contributed by atoms with Gasteiger partial charge in [0.15, 0.2) is 0 Å². The Morgan fingerprint density at radius 3 is 3.00 bits per heavy atom. The zero-order chi connectivity index (χ0) is 9.64. The molecule has 78 valence electrons. The van der Waals surface area contributed by atoms with E-state index in [1.807, 2.05) is 16.9 Å². The molecule has 2 rings (SSSR count). The molecule has 0 spiro atoms. The topological polar surface area (TPSA) is 39.1 Å². The van der Waals surface area contributed by atoms with Crippen LogP contribution in [0.5, 0.6) is 0 Å². The minimum absolute atomic E-state index is 0.451. The Balaban J connectivity index is 1.62. The van der Waals surface area contributed by atoms with Gasteiger partial charge in [-0.25, -0.2) is 0 Å². The Bertz CT molecular complexity index is 242. The van der Waals surface area contributed by atoms with Crippen LogP contribution in [-0.2, 0) is 11.3 Å². The molecule has 2 heterocycles. The Morgan fingerprint density at radius 2 is 2.29 bits per heavy atom. The summed E-state index contributed by atoms with van der Waals surface area (Å²) < 4.78 is 7.66. The van der Waals surface area contributed by atoms with Gasteiger partial charge in [0.25, 0.3) is 0 Å². The molecule has 0 aliphatic carbocycles. The third-order valence-corrected chi connectivity index (χ3v) is 2.52. The normalized spacial score (nSPS) is 18.6. The first-order chi connectivity index (χ1) is 6.95. The molecule has 1 aromatic rings. The molecule has 1 aromatic heterocycles. The van der Waals surface area contributed by atoms with Crippen molar-refractivity contribution in [3.8, 4) is 0 Å². The van der Waals surface area contributed by atoms with Crippen LogP contribution in [0.1, 0.15) is 12.8 Å². The van der Waals surface area contributed by atoms with Crippen molar-refractivity contribution in [3.05, 3.63) is 18.5 Å². The van der Waals surface area contributed by atoms with Gasteiger partial charge in [-0.05, 0) is 32.0 Å². The molecule has 1 aliphatic heterocycles. The number of piperidine rings is 1. The van der Waals surface area contributed by atoms with Crippen molar-refractivity contribution < 1.29 is 4.74 Å². The summed E-state index contributed by atoms with van der Waals surface area (Å²) in [6, 6.07) is 1.94. The number of hydrogen-bond acceptors (Lipinski definition) is 3. The summed E-state index contributed by atoms with van der Waals surface area (Å²) in [6.07, 6.45) is 6.49. The molecule has 0 bridgehead atoms. The quantitative estimate of drug-likeness (QED) is 0.766. The van der Waals surface area contributed by atoms with Crippen LogP contribution < -0.4 is 5.32 Å². The van der Waals surface area contributed by atoms with Crippen LogP contribution >= 0.6 is 0 Å². The fourth-order valence-corrected chi connectivity index (χ4v) is 1.71. The number of nitrogens with one attached hydrogen (secondary N) is 1. The first kappa shape index (κ1) is 9.68. The van der Waals surface area contributed by atoms with Crippen LogP contribution in [0.2, 0.25) is 0 Å². The zero-order valence-electron chi connectivity index (χ0n) is 8.35. The van der Waals surface area contributed by atoms with Gasteiger partial charge in [0.1, 0.15) is 0 Å². The lowest BCUT2D eigenvalue weighted by Gasteiger charge is -2.22. The molecule has 14 heavy (non-hydrogen) atoms. The smallest absolute Gasteiger partial charge is 0.0666 e. The Morgan fingerprint density at radius 1 is 1.43 bits per heavy atom. The number of ether oxygens (including phenoxy) is 1. The number of rotatable bonds is 4. The van der Waals surface area contributed by atoms with Crippen molar-refractivity contribution in [1.82, 2.24) is 15.1 Å². The van der Waals surface area contributed by atoms with E-state index in [0.29, 0.717) is 6.10 Å². The maximum Gasteiger partial charge on any atom is 0.0666 e. The molecule has 0 atom stereocenters. The van der Waals surface area contributed by atoms with Crippen molar-refractivity contribution in [1.29, 1.82) is 0 Å². The molecular weight excluding hydrogens is 178 g/mol. The highest BCUT2D eigenvalue weighted by Gasteiger charge is 2.12. The molecule has 0 amide bonds. The van der Waals surface area contributed by atoms with E-state index in [-0.39, 0.29) is 0 Å². The minimum atomic E-state index is 0.451. The van der Waals surface area contributed by atoms with Crippen molar-refractivity contribution in [3.63, 3.8) is 0 Å². The van der Waals surface area contributed by atoms with E-state index in [9.17, 15) is 0 Å². The summed E-state index contributed by atoms with van der Waals surface area (Å²) in [5, 5.41) is 7.44. The third-order valence-electron chi connectivity index (χ3n) is 2.52. The summed E-state index contributed by atoms with van der Waals surface area (Å²) in [5.41, 5.74) is 0. The summed E-state index contributed by atoms with van der Waals surface area (Å²) in [6.45, 7) is 3.81. The van der Waals surface area contributed by atoms with Gasteiger partial charge in [0.05, 0.1) is 19.3 Å². The van der Waals surface area contributed by atoms with E-state index in [2.05, 4.69) is 10.4 Å². The molecule has 0 saturated carbocycles. The highest BCUT2D eigenvalue weighted by atomic mass is 16.5. The summed E-state index contributed by atoms with van der Waals surface area (Å²) in [4.78, 5) is 0. The Hall–Kier alpha value is -0.870. The maximum atomic E-state index is 5.76. The van der Waals surface area contributed by atoms with Crippen molar-refractivity contribution in [2.24, 2.45) is 0 Å². The van der Waals surface area contributed by atoms with Crippen LogP contribution in [0.3, 0.4) is 0 Å². The van der Waals surface area contributed by atoms with E-state index in [1.165, 1.54) is 0 Å². The molecule has 0 radical (unpaired) electrons. The van der Waals surface area contributed by atoms with Gasteiger partial charge in [-0.2, -0.15) is 5.10 Å². The number of hydrogen-bond donors (Lipinski definition) is 1. The van der Waals surface area contributed by atoms with Crippen LogP contribution in [0, 0.1) is 0 Å². The molecule has 1 N–H and O–H groups in total. The summed E-state index contributed by atoms with van der Waals surface area (Å²) in [5.74, 6) is 0. The molecule has 4 nitrogen and oxygen atoms in total. The van der Waals surface area contributed by atoms with Crippen molar-refractivity contribution in [2.75, 3.05) is 19.7 Å². The van der Waals surface area contributed by atoms with Crippen molar-refractivity contribution >= 4 is 0 Å². The average Bonchev–Trinajstić information content (AvgIpc) is 2.72. The zero-order valence-corrected chi connectivity index (χ0v) is 8.35. The second-order valence-electron chi connectivity index (χ2n) is 3.59. The van der Waals surface area contributed by atoms with Gasteiger partial charge >= 0.3 is 0 Å². The van der Waals surface area contributed by atoms with Gasteiger partial charge in [-0.15, -0.1) is 0 Å². The largest absolute Gasteiger partial charge is 0.376 e. The highest BCUT2D eigenvalue weighted by molar-refractivity contribution is 4.77. The molecule has 1 fully saturated rings. The third kappa shape index (κ3) is 2.82. The van der Waals surface area contributed by atoms with Crippen LogP contribution in [0.25, 0.3) is 0 Å². The summed E-state index contributed by atoms with van der Waals surface area (Å²) >= 11 is 0. The Labute approximate surface area is 84.3 Å². The molecule has 0 aromatic carbocycles. The summed E-state index contributed by atoms with van der Waals surface area (Å²) in [7, 11) is 0. The van der Waals surface area contributed by atoms with Gasteiger partial charge < -0.3 is 10.1 Å². The first-order valence-corrected chi connectivity index (χ1v) is 5.25. The van der Waals surface area contributed by atoms with Gasteiger partial charge in [-0.1, -0.05) is 0 Å². The Kier molecular flexibility index (Phi) is 3.54. The first-order valence-electron chi connectivity index (χ1n) is 5.25. The molecule has 1 saturated heterocycles. The van der Waals surface area contributed by atoms with E-state index in [0.717, 1.165) is 39.1 Å². The molecule has 4 heteroatoms. The lowest BCUT2D eigenvalue weighted by atomic mass is 10.1. The number of aromatic nitrogens is 2. The van der Waals surface area contributed by atoms with Crippen LogP contribution in [0.15, 0.2) is 18.5 Å². The van der Waals surface area contributed by atoms with Gasteiger partial charge in [-0.3, -0.25) is 4.68 Å². The fourth-order valence-electron chi connectivity index (χ4n) is 1.71. The van der Waals surface area contributed by atoms with E-state index >= 15 is 0 Å². The SMILES string of the molecule is c1cnn(CCOC2CCNCC2)c1. The minimum Gasteiger partial charge on any atom is -0.376 e. The second kappa shape index (κ2) is 5.12. The maximum absolute atomic E-state index is 5.76. The predicted molar refractivity (Wildman–Crippen MR) is 54.1 cm³/mol. The molecular formula is C10H17N3O. The number of nitrogens with zero attached hydrogens (tertiary/aromatic N) is 2. The van der Waals surface area contributed by atoms with E-state index in [4.69, 9.17) is 4.74 Å². The van der Waals surface area contributed by atoms with Crippen LogP contribution in [0.4, 0.5) is 0 Å². The van der Waals surface area contributed by atoms with Gasteiger partial charge in [0, 0.05) is 12.4 Å². The van der Waals surface area contributed by atoms with E-state index in [1.54, 1.807) is 6.20 Å². The molecule has 0 unspecified atom stereocenters. The predicted octanol–water partition coefficient (Wildman–Crippen LogP) is 0.652. The van der Waals surface area contributed by atoms with Gasteiger partial charge in [0.2, 0.25) is 0 Å². The molecule has 1 aliphatic rings. The second-order valence-corrected chi connectivity index (χ2v) is 3.59. The highest BCUT2D eigenvalue weighted by Crippen LogP contribution is 2.06. The van der Waals surface area contributed by atoms with E-state index < -0.39 is 0 Å².